The molecule has 0 radical (unpaired) electrons. The van der Waals surface area contributed by atoms with Gasteiger partial charge in [-0.25, -0.2) is 4.79 Å². The number of nitrogens with one attached hydrogen (secondary N) is 1. The molecule has 2 fully saturated rings. The average Bonchev–Trinajstić information content (AvgIpc) is 3.40. The number of morpholine rings is 1. The van der Waals surface area contributed by atoms with E-state index in [9.17, 15) is 9.59 Å². The third-order valence-corrected chi connectivity index (χ3v) is 5.13. The fourth-order valence-electron chi connectivity index (χ4n) is 3.38. The molecular weight excluding hydrogens is 320 g/mol. The second kappa shape index (κ2) is 6.61. The summed E-state index contributed by atoms with van der Waals surface area (Å²) in [6, 6.07) is 8.81. The van der Waals surface area contributed by atoms with E-state index in [0.29, 0.717) is 12.1 Å². The van der Waals surface area contributed by atoms with Crippen molar-refractivity contribution in [3.05, 3.63) is 46.3 Å². The first-order valence-corrected chi connectivity index (χ1v) is 8.76. The van der Waals surface area contributed by atoms with Crippen molar-refractivity contribution in [3.63, 3.8) is 0 Å². The zero-order chi connectivity index (χ0) is 17.3. The first kappa shape index (κ1) is 16.3. The number of nitrogens with zero attached hydrogens (tertiary/aromatic N) is 1. The van der Waals surface area contributed by atoms with Gasteiger partial charge in [-0.15, -0.1) is 0 Å². The summed E-state index contributed by atoms with van der Waals surface area (Å²) in [6.07, 6.45) is 2.22. The third kappa shape index (κ3) is 3.60. The van der Waals surface area contributed by atoms with Crippen LogP contribution in [0, 0.1) is 5.41 Å². The van der Waals surface area contributed by atoms with Crippen LogP contribution < -0.4 is 10.9 Å². The zero-order valence-electron chi connectivity index (χ0n) is 14.1. The normalized spacial score (nSPS) is 19.7. The second-order valence-corrected chi connectivity index (χ2v) is 7.06. The number of amides is 1. The Bertz CT molecular complexity index is 835. The molecule has 4 rings (SSSR count). The smallest absolute Gasteiger partial charge is 0.349 e. The van der Waals surface area contributed by atoms with Gasteiger partial charge in [0.05, 0.1) is 13.2 Å². The van der Waals surface area contributed by atoms with E-state index < -0.39 is 5.63 Å². The van der Waals surface area contributed by atoms with Crippen LogP contribution in [0.5, 0.6) is 0 Å². The molecule has 2 aromatic rings. The maximum Gasteiger partial charge on any atom is 0.349 e. The maximum absolute atomic E-state index is 12.5. The predicted octanol–water partition coefficient (Wildman–Crippen LogP) is 1.64. The van der Waals surface area contributed by atoms with Gasteiger partial charge in [0.1, 0.15) is 11.1 Å². The number of ether oxygens (including phenoxy) is 1. The number of hydrogen-bond acceptors (Lipinski definition) is 5. The van der Waals surface area contributed by atoms with Gasteiger partial charge < -0.3 is 14.5 Å². The third-order valence-electron chi connectivity index (χ3n) is 5.13. The Balaban J connectivity index is 1.42. The largest absolute Gasteiger partial charge is 0.422 e. The molecule has 6 nitrogen and oxygen atoms in total. The Kier molecular flexibility index (Phi) is 4.31. The van der Waals surface area contributed by atoms with Gasteiger partial charge in [0.25, 0.3) is 5.91 Å². The topological polar surface area (TPSA) is 71.8 Å². The van der Waals surface area contributed by atoms with Crippen LogP contribution in [0.3, 0.4) is 0 Å². The van der Waals surface area contributed by atoms with E-state index in [1.807, 2.05) is 12.1 Å². The Morgan fingerprint density at radius 1 is 1.20 bits per heavy atom. The van der Waals surface area contributed by atoms with E-state index in [1.54, 1.807) is 18.2 Å². The molecule has 132 valence electrons. The van der Waals surface area contributed by atoms with Crippen molar-refractivity contribution < 1.29 is 13.9 Å². The van der Waals surface area contributed by atoms with Crippen LogP contribution in [0.1, 0.15) is 23.2 Å². The number of para-hydroxylation sites is 1. The zero-order valence-corrected chi connectivity index (χ0v) is 14.1. The lowest BCUT2D eigenvalue weighted by Crippen LogP contribution is -2.43. The van der Waals surface area contributed by atoms with Crippen LogP contribution in [-0.4, -0.2) is 50.2 Å². The first-order chi connectivity index (χ1) is 12.2. The molecule has 1 aliphatic carbocycles. The summed E-state index contributed by atoms with van der Waals surface area (Å²) in [4.78, 5) is 26.9. The monoisotopic (exact) mass is 342 g/mol. The Morgan fingerprint density at radius 2 is 1.96 bits per heavy atom. The Morgan fingerprint density at radius 3 is 2.72 bits per heavy atom. The molecular formula is C19H22N2O4. The first-order valence-electron chi connectivity index (χ1n) is 8.76. The van der Waals surface area contributed by atoms with Crippen molar-refractivity contribution >= 4 is 16.9 Å². The molecule has 1 aromatic carbocycles. The standard InChI is InChI=1S/C19H22N2O4/c22-17(15-11-14-3-1-2-4-16(14)25-18(15)23)20-12-19(5-6-19)13-21-7-9-24-10-8-21/h1-4,11H,5-10,12-13H2,(H,20,22). The molecule has 1 aromatic heterocycles. The molecule has 25 heavy (non-hydrogen) atoms. The lowest BCUT2D eigenvalue weighted by molar-refractivity contribution is 0.0283. The molecule has 1 aliphatic heterocycles. The lowest BCUT2D eigenvalue weighted by atomic mass is 10.1. The van der Waals surface area contributed by atoms with Crippen LogP contribution in [0.25, 0.3) is 11.0 Å². The van der Waals surface area contributed by atoms with E-state index in [-0.39, 0.29) is 16.9 Å². The fourth-order valence-corrected chi connectivity index (χ4v) is 3.38. The van der Waals surface area contributed by atoms with Crippen molar-refractivity contribution in [2.45, 2.75) is 12.8 Å². The highest BCUT2D eigenvalue weighted by Crippen LogP contribution is 2.45. The van der Waals surface area contributed by atoms with Crippen LogP contribution in [0.4, 0.5) is 0 Å². The highest BCUT2D eigenvalue weighted by molar-refractivity contribution is 5.96. The summed E-state index contributed by atoms with van der Waals surface area (Å²) in [5, 5.41) is 3.69. The SMILES string of the molecule is O=C(NCC1(CN2CCOCC2)CC1)c1cc2ccccc2oc1=O. The maximum atomic E-state index is 12.5. The molecule has 1 saturated heterocycles. The quantitative estimate of drug-likeness (QED) is 0.837. The molecule has 0 bridgehead atoms. The van der Waals surface area contributed by atoms with E-state index in [1.165, 1.54) is 0 Å². The molecule has 0 atom stereocenters. The van der Waals surface area contributed by atoms with Gasteiger partial charge in [0.15, 0.2) is 0 Å². The lowest BCUT2D eigenvalue weighted by Gasteiger charge is -2.30. The minimum absolute atomic E-state index is 0.0703. The fraction of sp³-hybridized carbons (Fsp3) is 0.474. The minimum atomic E-state index is -0.589. The van der Waals surface area contributed by atoms with Crippen LogP contribution in [0.15, 0.2) is 39.5 Å². The van der Waals surface area contributed by atoms with E-state index in [2.05, 4.69) is 10.2 Å². The number of benzene rings is 1. The predicted molar refractivity (Wildman–Crippen MR) is 93.7 cm³/mol. The van der Waals surface area contributed by atoms with Crippen molar-refractivity contribution in [2.75, 3.05) is 39.4 Å². The van der Waals surface area contributed by atoms with Gasteiger partial charge in [-0.05, 0) is 25.0 Å². The molecule has 2 heterocycles. The number of fused-ring (bicyclic) bond motifs is 1. The van der Waals surface area contributed by atoms with Gasteiger partial charge >= 0.3 is 5.63 Å². The van der Waals surface area contributed by atoms with Gasteiger partial charge in [-0.2, -0.15) is 0 Å². The highest BCUT2D eigenvalue weighted by Gasteiger charge is 2.44. The number of rotatable bonds is 5. The van der Waals surface area contributed by atoms with Crippen molar-refractivity contribution in [1.29, 1.82) is 0 Å². The Hall–Kier alpha value is -2.18. The highest BCUT2D eigenvalue weighted by atomic mass is 16.5. The van der Waals surface area contributed by atoms with Crippen molar-refractivity contribution in [2.24, 2.45) is 5.41 Å². The van der Waals surface area contributed by atoms with E-state index in [0.717, 1.165) is 51.1 Å². The van der Waals surface area contributed by atoms with Crippen LogP contribution >= 0.6 is 0 Å². The minimum Gasteiger partial charge on any atom is -0.422 e. The molecule has 1 amide bonds. The van der Waals surface area contributed by atoms with E-state index >= 15 is 0 Å². The van der Waals surface area contributed by atoms with E-state index in [4.69, 9.17) is 9.15 Å². The molecule has 6 heteroatoms. The van der Waals surface area contributed by atoms with Gasteiger partial charge in [-0.1, -0.05) is 18.2 Å². The summed E-state index contributed by atoms with van der Waals surface area (Å²) >= 11 is 0. The summed E-state index contributed by atoms with van der Waals surface area (Å²) in [5.74, 6) is -0.354. The number of hydrogen-bond donors (Lipinski definition) is 1. The van der Waals surface area contributed by atoms with Crippen molar-refractivity contribution in [1.82, 2.24) is 10.2 Å². The molecule has 0 spiro atoms. The van der Waals surface area contributed by atoms with Gasteiger partial charge in [0.2, 0.25) is 0 Å². The molecule has 1 saturated carbocycles. The summed E-state index contributed by atoms with van der Waals surface area (Å²) < 4.78 is 10.6. The summed E-state index contributed by atoms with van der Waals surface area (Å²) in [7, 11) is 0. The summed E-state index contributed by atoms with van der Waals surface area (Å²) in [5.41, 5.74) is 0.120. The number of carbonyl (C=O) groups excluding carboxylic acids is 1. The second-order valence-electron chi connectivity index (χ2n) is 7.06. The molecule has 1 N–H and O–H groups in total. The van der Waals surface area contributed by atoms with Gasteiger partial charge in [-0.3, -0.25) is 9.69 Å². The molecule has 0 unspecified atom stereocenters. The summed E-state index contributed by atoms with van der Waals surface area (Å²) in [6.45, 7) is 5.02. The molecule has 2 aliphatic rings. The average molecular weight is 342 g/mol. The number of carbonyl (C=O) groups is 1. The van der Waals surface area contributed by atoms with Crippen LogP contribution in [0.2, 0.25) is 0 Å². The van der Waals surface area contributed by atoms with Crippen LogP contribution in [-0.2, 0) is 4.74 Å². The Labute approximate surface area is 145 Å². The van der Waals surface area contributed by atoms with Crippen molar-refractivity contribution in [3.8, 4) is 0 Å². The van der Waals surface area contributed by atoms with Gasteiger partial charge in [0, 0.05) is 37.0 Å².